The molecular weight excluding hydrogens is 241 g/mol. The van der Waals surface area contributed by atoms with Crippen molar-refractivity contribution in [2.45, 2.75) is 19.6 Å². The van der Waals surface area contributed by atoms with E-state index in [2.05, 4.69) is 26.7 Å². The maximum absolute atomic E-state index is 12.1. The van der Waals surface area contributed by atoms with Gasteiger partial charge in [-0.1, -0.05) is 6.58 Å². The van der Waals surface area contributed by atoms with Gasteiger partial charge in [0, 0.05) is 0 Å². The van der Waals surface area contributed by atoms with E-state index in [4.69, 9.17) is 0 Å². The first kappa shape index (κ1) is 13.0. The van der Waals surface area contributed by atoms with Gasteiger partial charge < -0.3 is 10.1 Å². The Morgan fingerprint density at radius 2 is 2.24 bits per heavy atom. The molecule has 2 N–H and O–H groups in total. The van der Waals surface area contributed by atoms with Gasteiger partial charge in [-0.25, -0.2) is 9.78 Å². The lowest BCUT2D eigenvalue weighted by atomic mass is 10.5. The number of H-pyrrole nitrogens is 1. The van der Waals surface area contributed by atoms with Gasteiger partial charge in [0.2, 0.25) is 0 Å². The standard InChI is InChI=1S/C8H9F3N4O2/c1-4(2)17-7(16)12-3-5-13-6(15-14-5)8(9,10)11/h1,3H2,2H3,(H,12,16)(H,13,14,15). The van der Waals surface area contributed by atoms with Crippen LogP contribution in [0.25, 0.3) is 0 Å². The average Bonchev–Trinajstić information content (AvgIpc) is 2.61. The molecule has 0 aliphatic heterocycles. The highest BCUT2D eigenvalue weighted by Crippen LogP contribution is 2.25. The van der Waals surface area contributed by atoms with Crippen LogP contribution < -0.4 is 5.32 Å². The maximum atomic E-state index is 12.1. The third-order valence-corrected chi connectivity index (χ3v) is 1.45. The van der Waals surface area contributed by atoms with Gasteiger partial charge in [0.15, 0.2) is 0 Å². The average molecular weight is 250 g/mol. The maximum Gasteiger partial charge on any atom is 0.453 e. The summed E-state index contributed by atoms with van der Waals surface area (Å²) in [5.74, 6) is -1.25. The fraction of sp³-hybridized carbons (Fsp3) is 0.375. The summed E-state index contributed by atoms with van der Waals surface area (Å²) in [7, 11) is 0. The van der Waals surface area contributed by atoms with Crippen molar-refractivity contribution in [2.75, 3.05) is 0 Å². The predicted molar refractivity (Wildman–Crippen MR) is 49.5 cm³/mol. The third-order valence-electron chi connectivity index (χ3n) is 1.45. The van der Waals surface area contributed by atoms with E-state index in [1.54, 1.807) is 0 Å². The van der Waals surface area contributed by atoms with Crippen LogP contribution in [-0.4, -0.2) is 21.3 Å². The SMILES string of the molecule is C=C(C)OC(=O)NCc1nc(C(F)(F)F)n[nH]1. The van der Waals surface area contributed by atoms with Gasteiger partial charge in [0.05, 0.1) is 12.3 Å². The number of nitrogens with one attached hydrogen (secondary N) is 2. The van der Waals surface area contributed by atoms with E-state index in [0.717, 1.165) is 0 Å². The number of carbonyl (C=O) groups excluding carboxylic acids is 1. The van der Waals surface area contributed by atoms with E-state index in [-0.39, 0.29) is 18.1 Å². The number of alkyl halides is 3. The van der Waals surface area contributed by atoms with Crippen molar-refractivity contribution < 1.29 is 22.7 Å². The highest BCUT2D eigenvalue weighted by Gasteiger charge is 2.35. The first-order valence-corrected chi connectivity index (χ1v) is 4.38. The number of alkyl carbamates (subject to hydrolysis) is 1. The zero-order valence-electron chi connectivity index (χ0n) is 8.76. The zero-order valence-corrected chi connectivity index (χ0v) is 8.76. The molecule has 9 heteroatoms. The number of halogens is 3. The summed E-state index contributed by atoms with van der Waals surface area (Å²) in [6.07, 6.45) is -5.45. The molecule has 0 radical (unpaired) electrons. The monoisotopic (exact) mass is 250 g/mol. The molecule has 17 heavy (non-hydrogen) atoms. The molecule has 1 heterocycles. The van der Waals surface area contributed by atoms with Gasteiger partial charge in [-0.2, -0.15) is 13.2 Å². The summed E-state index contributed by atoms with van der Waals surface area (Å²) in [5, 5.41) is 7.17. The number of amides is 1. The van der Waals surface area contributed by atoms with Crippen molar-refractivity contribution in [2.24, 2.45) is 0 Å². The topological polar surface area (TPSA) is 79.9 Å². The molecular formula is C8H9F3N4O2. The molecule has 0 saturated heterocycles. The molecule has 0 aliphatic rings. The predicted octanol–water partition coefficient (Wildman–Crippen LogP) is 1.58. The number of aromatic amines is 1. The van der Waals surface area contributed by atoms with Crippen LogP contribution in [0.5, 0.6) is 0 Å². The molecule has 0 aliphatic carbocycles. The van der Waals surface area contributed by atoms with E-state index < -0.39 is 18.1 Å². The lowest BCUT2D eigenvalue weighted by Crippen LogP contribution is -2.23. The van der Waals surface area contributed by atoms with Crippen LogP contribution in [0.3, 0.4) is 0 Å². The molecule has 0 spiro atoms. The summed E-state index contributed by atoms with van der Waals surface area (Å²) >= 11 is 0. The number of ether oxygens (including phenoxy) is 1. The molecule has 0 unspecified atom stereocenters. The van der Waals surface area contributed by atoms with E-state index in [1.807, 2.05) is 5.10 Å². The zero-order chi connectivity index (χ0) is 13.1. The molecule has 0 bridgehead atoms. The Bertz CT molecular complexity index is 427. The fourth-order valence-corrected chi connectivity index (χ4v) is 0.851. The van der Waals surface area contributed by atoms with Crippen LogP contribution in [0.4, 0.5) is 18.0 Å². The normalized spacial score (nSPS) is 11.1. The van der Waals surface area contributed by atoms with Crippen LogP contribution in [0, 0.1) is 0 Å². The molecule has 94 valence electrons. The number of rotatable bonds is 3. The summed E-state index contributed by atoms with van der Waals surface area (Å²) in [4.78, 5) is 14.1. The molecule has 0 fully saturated rings. The Morgan fingerprint density at radius 3 is 2.71 bits per heavy atom. The highest BCUT2D eigenvalue weighted by molar-refractivity contribution is 5.68. The van der Waals surface area contributed by atoms with Gasteiger partial charge in [-0.05, 0) is 6.92 Å². The minimum absolute atomic E-state index is 0.129. The molecule has 1 rings (SSSR count). The van der Waals surface area contributed by atoms with Gasteiger partial charge in [-0.3, -0.25) is 5.10 Å². The lowest BCUT2D eigenvalue weighted by Gasteiger charge is -2.03. The number of nitrogens with zero attached hydrogens (tertiary/aromatic N) is 2. The molecule has 6 nitrogen and oxygen atoms in total. The van der Waals surface area contributed by atoms with Crippen molar-refractivity contribution in [3.8, 4) is 0 Å². The first-order valence-electron chi connectivity index (χ1n) is 4.38. The second-order valence-electron chi connectivity index (χ2n) is 3.05. The van der Waals surface area contributed by atoms with E-state index in [0.29, 0.717) is 0 Å². The van der Waals surface area contributed by atoms with Gasteiger partial charge >= 0.3 is 12.3 Å². The fourth-order valence-electron chi connectivity index (χ4n) is 0.851. The first-order chi connectivity index (χ1) is 7.79. The number of hydrogen-bond acceptors (Lipinski definition) is 4. The number of hydrogen-bond donors (Lipinski definition) is 2. The number of allylic oxidation sites excluding steroid dienone is 1. The van der Waals surface area contributed by atoms with Crippen LogP contribution in [0.1, 0.15) is 18.6 Å². The van der Waals surface area contributed by atoms with E-state index in [1.165, 1.54) is 6.92 Å². The van der Waals surface area contributed by atoms with Crippen LogP contribution in [0.15, 0.2) is 12.3 Å². The highest BCUT2D eigenvalue weighted by atomic mass is 19.4. The molecule has 0 saturated carbocycles. The van der Waals surface area contributed by atoms with E-state index >= 15 is 0 Å². The molecule has 1 aromatic rings. The largest absolute Gasteiger partial charge is 0.453 e. The smallest absolute Gasteiger partial charge is 0.416 e. The number of aromatic nitrogens is 3. The Morgan fingerprint density at radius 1 is 1.59 bits per heavy atom. The molecule has 0 aromatic carbocycles. The Hall–Kier alpha value is -2.06. The molecule has 0 atom stereocenters. The summed E-state index contributed by atoms with van der Waals surface area (Å²) in [5.41, 5.74) is 0. The van der Waals surface area contributed by atoms with Crippen molar-refractivity contribution in [1.29, 1.82) is 0 Å². The van der Waals surface area contributed by atoms with Crippen molar-refractivity contribution in [3.05, 3.63) is 24.0 Å². The van der Waals surface area contributed by atoms with Crippen molar-refractivity contribution in [3.63, 3.8) is 0 Å². The minimum atomic E-state index is -4.62. The second kappa shape index (κ2) is 4.85. The van der Waals surface area contributed by atoms with E-state index in [9.17, 15) is 18.0 Å². The lowest BCUT2D eigenvalue weighted by molar-refractivity contribution is -0.144. The van der Waals surface area contributed by atoms with Gasteiger partial charge in [-0.15, -0.1) is 5.10 Å². The quantitative estimate of drug-likeness (QED) is 0.798. The van der Waals surface area contributed by atoms with Crippen LogP contribution in [-0.2, 0) is 17.5 Å². The van der Waals surface area contributed by atoms with Crippen molar-refractivity contribution >= 4 is 6.09 Å². The summed E-state index contributed by atoms with van der Waals surface area (Å²) < 4.78 is 40.8. The Labute approximate surface area is 93.9 Å². The number of carbonyl (C=O) groups is 1. The Kier molecular flexibility index (Phi) is 3.71. The van der Waals surface area contributed by atoms with Gasteiger partial charge in [0.25, 0.3) is 5.82 Å². The summed E-state index contributed by atoms with van der Waals surface area (Å²) in [6.45, 7) is 4.52. The van der Waals surface area contributed by atoms with Crippen LogP contribution in [0.2, 0.25) is 0 Å². The van der Waals surface area contributed by atoms with Crippen LogP contribution >= 0.6 is 0 Å². The minimum Gasteiger partial charge on any atom is -0.416 e. The second-order valence-corrected chi connectivity index (χ2v) is 3.05. The third kappa shape index (κ3) is 4.13. The Balaban J connectivity index is 2.51. The van der Waals surface area contributed by atoms with Gasteiger partial charge in [0.1, 0.15) is 5.82 Å². The van der Waals surface area contributed by atoms with Crippen molar-refractivity contribution in [1.82, 2.24) is 20.5 Å². The summed E-state index contributed by atoms with van der Waals surface area (Å²) in [6, 6.07) is 0. The molecule has 1 amide bonds. The molecule has 1 aromatic heterocycles.